The first kappa shape index (κ1) is 14.3. The van der Waals surface area contributed by atoms with Crippen LogP contribution in [-0.4, -0.2) is 29.4 Å². The highest BCUT2D eigenvalue weighted by molar-refractivity contribution is 9.09. The SMILES string of the molecule is O=C(CSc1ccccc1)CC(=O)OCCBr. The molecule has 0 N–H and O–H groups in total. The molecule has 0 radical (unpaired) electrons. The quantitative estimate of drug-likeness (QED) is 0.336. The Bertz CT molecular complexity index is 367. The fourth-order valence-electron chi connectivity index (χ4n) is 1.10. The Balaban J connectivity index is 2.24. The second-order valence-corrected chi connectivity index (χ2v) is 5.07. The van der Waals surface area contributed by atoms with Gasteiger partial charge in [0, 0.05) is 10.2 Å². The van der Waals surface area contributed by atoms with Gasteiger partial charge < -0.3 is 4.74 Å². The van der Waals surface area contributed by atoms with Crippen LogP contribution in [0.4, 0.5) is 0 Å². The molecule has 0 saturated heterocycles. The molecule has 3 nitrogen and oxygen atoms in total. The third kappa shape index (κ3) is 6.48. The van der Waals surface area contributed by atoms with Gasteiger partial charge in [-0.1, -0.05) is 34.1 Å². The second kappa shape index (κ2) is 8.31. The molecule has 0 fully saturated rings. The van der Waals surface area contributed by atoms with E-state index in [1.54, 1.807) is 0 Å². The Morgan fingerprint density at radius 2 is 1.94 bits per heavy atom. The number of benzene rings is 1. The zero-order valence-electron chi connectivity index (χ0n) is 9.23. The normalized spacial score (nSPS) is 9.94. The predicted octanol–water partition coefficient (Wildman–Crippen LogP) is 2.68. The van der Waals surface area contributed by atoms with Crippen LogP contribution >= 0.6 is 27.7 Å². The minimum absolute atomic E-state index is 0.113. The van der Waals surface area contributed by atoms with Crippen molar-refractivity contribution in [2.24, 2.45) is 0 Å². The number of halogens is 1. The minimum Gasteiger partial charge on any atom is -0.464 e. The van der Waals surface area contributed by atoms with Gasteiger partial charge >= 0.3 is 5.97 Å². The van der Waals surface area contributed by atoms with Crippen LogP contribution in [0.5, 0.6) is 0 Å². The van der Waals surface area contributed by atoms with E-state index in [2.05, 4.69) is 15.9 Å². The number of Topliss-reactive ketones (excluding diaryl/α,β-unsaturated/α-hetero) is 1. The van der Waals surface area contributed by atoms with Crippen molar-refractivity contribution in [3.63, 3.8) is 0 Å². The molecule has 1 rings (SSSR count). The highest BCUT2D eigenvalue weighted by Gasteiger charge is 2.10. The zero-order valence-corrected chi connectivity index (χ0v) is 11.6. The summed E-state index contributed by atoms with van der Waals surface area (Å²) in [7, 11) is 0. The van der Waals surface area contributed by atoms with Crippen molar-refractivity contribution in [3.8, 4) is 0 Å². The summed E-state index contributed by atoms with van der Waals surface area (Å²) in [6, 6.07) is 9.61. The summed E-state index contributed by atoms with van der Waals surface area (Å²) in [4.78, 5) is 23.6. The van der Waals surface area contributed by atoms with Gasteiger partial charge in [-0.2, -0.15) is 0 Å². The number of carbonyl (C=O) groups excluding carboxylic acids is 2. The van der Waals surface area contributed by atoms with E-state index >= 15 is 0 Å². The topological polar surface area (TPSA) is 43.4 Å². The largest absolute Gasteiger partial charge is 0.464 e. The number of ketones is 1. The van der Waals surface area contributed by atoms with Crippen LogP contribution in [0.15, 0.2) is 35.2 Å². The minimum atomic E-state index is -0.455. The smallest absolute Gasteiger partial charge is 0.313 e. The molecule has 0 unspecified atom stereocenters. The molecule has 0 aliphatic heterocycles. The summed E-state index contributed by atoms with van der Waals surface area (Å²) in [6.07, 6.45) is -0.146. The molecule has 0 amide bonds. The van der Waals surface area contributed by atoms with Crippen molar-refractivity contribution in [2.45, 2.75) is 11.3 Å². The van der Waals surface area contributed by atoms with Gasteiger partial charge in [-0.05, 0) is 12.1 Å². The van der Waals surface area contributed by atoms with Gasteiger partial charge in [-0.15, -0.1) is 11.8 Å². The number of carbonyl (C=O) groups is 2. The molecule has 0 aliphatic carbocycles. The maximum atomic E-state index is 11.5. The lowest BCUT2D eigenvalue weighted by Crippen LogP contribution is -2.13. The van der Waals surface area contributed by atoms with E-state index < -0.39 is 5.97 Å². The Morgan fingerprint density at radius 3 is 2.59 bits per heavy atom. The average Bonchev–Trinajstić information content (AvgIpc) is 2.35. The first-order valence-corrected chi connectivity index (χ1v) is 7.24. The fraction of sp³-hybridized carbons (Fsp3) is 0.333. The lowest BCUT2D eigenvalue weighted by molar-refractivity contribution is -0.144. The summed E-state index contributed by atoms with van der Waals surface area (Å²) in [5, 5.41) is 0.589. The monoisotopic (exact) mass is 316 g/mol. The highest BCUT2D eigenvalue weighted by atomic mass is 79.9. The van der Waals surface area contributed by atoms with Crippen molar-refractivity contribution in [3.05, 3.63) is 30.3 Å². The molecule has 17 heavy (non-hydrogen) atoms. The number of esters is 1. The Kier molecular flexibility index (Phi) is 6.96. The summed E-state index contributed by atoms with van der Waals surface area (Å²) >= 11 is 4.57. The fourth-order valence-corrected chi connectivity index (χ4v) is 2.04. The van der Waals surface area contributed by atoms with E-state index in [0.29, 0.717) is 17.7 Å². The summed E-state index contributed by atoms with van der Waals surface area (Å²) in [6.45, 7) is 0.304. The Morgan fingerprint density at radius 1 is 1.24 bits per heavy atom. The standard InChI is InChI=1S/C12H13BrO3S/c13-6-7-16-12(15)8-10(14)9-17-11-4-2-1-3-5-11/h1-5H,6-9H2. The van der Waals surface area contributed by atoms with Crippen LogP contribution in [-0.2, 0) is 14.3 Å². The number of thioether (sulfide) groups is 1. The predicted molar refractivity (Wildman–Crippen MR) is 71.5 cm³/mol. The van der Waals surface area contributed by atoms with E-state index in [-0.39, 0.29) is 12.2 Å². The van der Waals surface area contributed by atoms with E-state index in [0.717, 1.165) is 4.90 Å². The lowest BCUT2D eigenvalue weighted by Gasteiger charge is -2.02. The number of alkyl halides is 1. The Hall–Kier alpha value is -0.810. The third-order valence-corrected chi connectivity index (χ3v) is 3.22. The molecular weight excluding hydrogens is 304 g/mol. The third-order valence-electron chi connectivity index (χ3n) is 1.82. The van der Waals surface area contributed by atoms with Gasteiger partial charge in [0.1, 0.15) is 13.0 Å². The molecular formula is C12H13BrO3S. The first-order valence-electron chi connectivity index (χ1n) is 5.13. The van der Waals surface area contributed by atoms with Gasteiger partial charge in [0.2, 0.25) is 0 Å². The van der Waals surface area contributed by atoms with Crippen LogP contribution in [0, 0.1) is 0 Å². The van der Waals surface area contributed by atoms with Gasteiger partial charge in [-0.3, -0.25) is 9.59 Å². The van der Waals surface area contributed by atoms with E-state index in [1.807, 2.05) is 30.3 Å². The van der Waals surface area contributed by atoms with Crippen molar-refractivity contribution in [1.29, 1.82) is 0 Å². The average molecular weight is 317 g/mol. The molecule has 0 aliphatic rings. The molecule has 0 aromatic heterocycles. The van der Waals surface area contributed by atoms with Gasteiger partial charge in [0.05, 0.1) is 5.75 Å². The van der Waals surface area contributed by atoms with Crippen LogP contribution in [0.1, 0.15) is 6.42 Å². The lowest BCUT2D eigenvalue weighted by atomic mass is 10.3. The molecule has 0 atom stereocenters. The van der Waals surface area contributed by atoms with Gasteiger partial charge in [0.15, 0.2) is 5.78 Å². The maximum Gasteiger partial charge on any atom is 0.313 e. The first-order chi connectivity index (χ1) is 8.22. The van der Waals surface area contributed by atoms with Crippen molar-refractivity contribution < 1.29 is 14.3 Å². The molecule has 0 saturated carbocycles. The van der Waals surface area contributed by atoms with E-state index in [1.165, 1.54) is 11.8 Å². The number of hydrogen-bond donors (Lipinski definition) is 0. The highest BCUT2D eigenvalue weighted by Crippen LogP contribution is 2.17. The van der Waals surface area contributed by atoms with Crippen molar-refractivity contribution >= 4 is 39.4 Å². The van der Waals surface area contributed by atoms with Crippen LogP contribution < -0.4 is 0 Å². The second-order valence-electron chi connectivity index (χ2n) is 3.23. The van der Waals surface area contributed by atoms with E-state index in [9.17, 15) is 9.59 Å². The molecule has 1 aromatic carbocycles. The number of hydrogen-bond acceptors (Lipinski definition) is 4. The van der Waals surface area contributed by atoms with Gasteiger partial charge in [0.25, 0.3) is 0 Å². The number of rotatable bonds is 7. The molecule has 5 heteroatoms. The van der Waals surface area contributed by atoms with Crippen LogP contribution in [0.2, 0.25) is 0 Å². The van der Waals surface area contributed by atoms with Crippen molar-refractivity contribution in [2.75, 3.05) is 17.7 Å². The zero-order chi connectivity index (χ0) is 12.5. The molecule has 92 valence electrons. The number of ether oxygens (including phenoxy) is 1. The van der Waals surface area contributed by atoms with Crippen molar-refractivity contribution in [1.82, 2.24) is 0 Å². The summed E-state index contributed by atoms with van der Waals surface area (Å²) in [5.74, 6) is -0.269. The molecule has 1 aromatic rings. The Labute approximate surface area is 113 Å². The van der Waals surface area contributed by atoms with E-state index in [4.69, 9.17) is 4.74 Å². The van der Waals surface area contributed by atoms with Crippen LogP contribution in [0.3, 0.4) is 0 Å². The molecule has 0 heterocycles. The van der Waals surface area contributed by atoms with Gasteiger partial charge in [-0.25, -0.2) is 0 Å². The maximum absolute atomic E-state index is 11.5. The summed E-state index contributed by atoms with van der Waals surface area (Å²) < 4.78 is 4.80. The molecule has 0 bridgehead atoms. The van der Waals surface area contributed by atoms with Crippen LogP contribution in [0.25, 0.3) is 0 Å². The molecule has 0 spiro atoms. The summed E-state index contributed by atoms with van der Waals surface area (Å²) in [5.41, 5.74) is 0.